The molecule has 0 aromatic rings. The number of aliphatic carboxylic acids is 1. The van der Waals surface area contributed by atoms with Crippen LogP contribution in [0.4, 0.5) is 48.3 Å². The Morgan fingerprint density at radius 1 is 0.864 bits per heavy atom. The minimum atomic E-state index is -7.56. The highest BCUT2D eigenvalue weighted by Gasteiger charge is 2.88. The van der Waals surface area contributed by atoms with E-state index in [-0.39, 0.29) is 0 Å². The molecule has 0 aliphatic carbocycles. The molecule has 0 aromatic carbocycles. The van der Waals surface area contributed by atoms with Gasteiger partial charge in [-0.1, -0.05) is 6.92 Å². The number of carboxylic acids is 1. The van der Waals surface area contributed by atoms with E-state index in [1.807, 2.05) is 0 Å². The first-order valence-corrected chi connectivity index (χ1v) is 5.19. The zero-order valence-electron chi connectivity index (χ0n) is 10.3. The minimum Gasteiger partial charge on any atom is -0.477 e. The van der Waals surface area contributed by atoms with Crippen LogP contribution in [-0.2, 0) is 4.79 Å². The molecule has 22 heavy (non-hydrogen) atoms. The molecule has 0 heterocycles. The third-order valence-electron chi connectivity index (χ3n) is 2.62. The highest BCUT2D eigenvalue weighted by atomic mass is 19.4. The molecule has 0 amide bonds. The number of alkyl halides is 11. The quantitative estimate of drug-likeness (QED) is 0.701. The summed E-state index contributed by atoms with van der Waals surface area (Å²) in [4.78, 5) is 9.81. The molecule has 0 aliphatic heterocycles. The van der Waals surface area contributed by atoms with E-state index in [4.69, 9.17) is 5.11 Å². The van der Waals surface area contributed by atoms with Gasteiger partial charge < -0.3 is 5.11 Å². The van der Waals surface area contributed by atoms with Gasteiger partial charge in [-0.25, -0.2) is 9.18 Å². The van der Waals surface area contributed by atoms with E-state index >= 15 is 0 Å². The molecule has 0 fully saturated rings. The SMILES string of the molecule is CCC(F)C(F)(F)C(F)(F)C(F)(F)C(F)(F)C(F)(F)C(=O)O. The van der Waals surface area contributed by atoms with Crippen molar-refractivity contribution in [1.29, 1.82) is 0 Å². The van der Waals surface area contributed by atoms with Crippen LogP contribution in [-0.4, -0.2) is 46.9 Å². The second kappa shape index (κ2) is 5.41. The molecule has 0 bridgehead atoms. The summed E-state index contributed by atoms with van der Waals surface area (Å²) in [6.07, 6.45) is -5.60. The number of carbonyl (C=O) groups is 1. The Labute approximate surface area is 114 Å². The third kappa shape index (κ3) is 2.47. The van der Waals surface area contributed by atoms with Crippen molar-refractivity contribution in [3.05, 3.63) is 0 Å². The first-order chi connectivity index (χ1) is 9.42. The molecule has 0 aliphatic rings. The van der Waals surface area contributed by atoms with Gasteiger partial charge in [-0.2, -0.15) is 43.9 Å². The Bertz CT molecular complexity index is 431. The van der Waals surface area contributed by atoms with Crippen molar-refractivity contribution < 1.29 is 58.2 Å². The number of carboxylic acid groups (broad SMARTS) is 1. The summed E-state index contributed by atoms with van der Waals surface area (Å²) in [5.74, 6) is -39.5. The molecule has 1 unspecified atom stereocenters. The molecule has 0 spiro atoms. The van der Waals surface area contributed by atoms with Crippen molar-refractivity contribution in [3.63, 3.8) is 0 Å². The van der Waals surface area contributed by atoms with Gasteiger partial charge in [0.25, 0.3) is 0 Å². The van der Waals surface area contributed by atoms with Crippen LogP contribution >= 0.6 is 0 Å². The predicted molar refractivity (Wildman–Crippen MR) is 47.6 cm³/mol. The van der Waals surface area contributed by atoms with Gasteiger partial charge in [0, 0.05) is 0 Å². The lowest BCUT2D eigenvalue weighted by Crippen LogP contribution is -2.70. The molecular weight excluding hydrogens is 349 g/mol. The van der Waals surface area contributed by atoms with Gasteiger partial charge in [-0.05, 0) is 6.42 Å². The van der Waals surface area contributed by atoms with E-state index in [0.717, 1.165) is 0 Å². The largest absolute Gasteiger partial charge is 0.477 e. The molecule has 2 nitrogen and oxygen atoms in total. The van der Waals surface area contributed by atoms with Crippen molar-refractivity contribution in [3.8, 4) is 0 Å². The summed E-state index contributed by atoms with van der Waals surface area (Å²) in [6, 6.07) is 0. The predicted octanol–water partition coefficient (Wildman–Crippen LogP) is 4.00. The van der Waals surface area contributed by atoms with E-state index < -0.39 is 48.2 Å². The summed E-state index contributed by atoms with van der Waals surface area (Å²) >= 11 is 0. The Kier molecular flexibility index (Phi) is 5.09. The fraction of sp³-hybridized carbons (Fsp3) is 0.889. The van der Waals surface area contributed by atoms with E-state index in [1.165, 1.54) is 0 Å². The van der Waals surface area contributed by atoms with Crippen molar-refractivity contribution in [1.82, 2.24) is 0 Å². The van der Waals surface area contributed by atoms with E-state index in [9.17, 15) is 53.1 Å². The average Bonchev–Trinajstić information content (AvgIpc) is 2.36. The van der Waals surface area contributed by atoms with Crippen LogP contribution in [0.2, 0.25) is 0 Å². The summed E-state index contributed by atoms with van der Waals surface area (Å²) in [6.45, 7) is 0.469. The van der Waals surface area contributed by atoms with Crippen LogP contribution in [0.3, 0.4) is 0 Å². The fourth-order valence-electron chi connectivity index (χ4n) is 1.19. The topological polar surface area (TPSA) is 37.3 Å². The lowest BCUT2D eigenvalue weighted by atomic mass is 9.91. The number of halogens is 11. The first kappa shape index (κ1) is 20.7. The minimum absolute atomic E-state index is 0.469. The molecule has 0 saturated heterocycles. The second-order valence-electron chi connectivity index (χ2n) is 4.10. The van der Waals surface area contributed by atoms with Crippen LogP contribution in [0, 0.1) is 0 Å². The summed E-state index contributed by atoms with van der Waals surface area (Å²) in [7, 11) is 0. The van der Waals surface area contributed by atoms with E-state index in [0.29, 0.717) is 6.92 Å². The maximum atomic E-state index is 13.0. The van der Waals surface area contributed by atoms with Gasteiger partial charge in [-0.3, -0.25) is 0 Å². The monoisotopic (exact) mass is 356 g/mol. The molecule has 0 rings (SSSR count). The normalized spacial score (nSPS) is 16.5. The highest BCUT2D eigenvalue weighted by molar-refractivity contribution is 5.77. The summed E-state index contributed by atoms with van der Waals surface area (Å²) < 4.78 is 141. The molecule has 0 aromatic heterocycles. The zero-order chi connectivity index (χ0) is 18.4. The number of rotatable bonds is 7. The maximum absolute atomic E-state index is 13.0. The van der Waals surface area contributed by atoms with Crippen LogP contribution in [0.25, 0.3) is 0 Å². The van der Waals surface area contributed by atoms with Crippen molar-refractivity contribution in [2.45, 2.75) is 49.1 Å². The number of hydrogen-bond acceptors (Lipinski definition) is 1. The third-order valence-corrected chi connectivity index (χ3v) is 2.62. The molecule has 1 N–H and O–H groups in total. The van der Waals surface area contributed by atoms with Gasteiger partial charge in [0.15, 0.2) is 6.17 Å². The van der Waals surface area contributed by atoms with Crippen molar-refractivity contribution in [2.24, 2.45) is 0 Å². The van der Waals surface area contributed by atoms with Crippen molar-refractivity contribution in [2.75, 3.05) is 0 Å². The number of hydrogen-bond donors (Lipinski definition) is 1. The molecule has 1 atom stereocenters. The molecule has 0 radical (unpaired) electrons. The van der Waals surface area contributed by atoms with Gasteiger partial charge in [0.2, 0.25) is 0 Å². The van der Waals surface area contributed by atoms with Crippen LogP contribution in [0.1, 0.15) is 13.3 Å². The zero-order valence-corrected chi connectivity index (χ0v) is 10.3. The Balaban J connectivity index is 6.16. The summed E-state index contributed by atoms with van der Waals surface area (Å²) in [5.41, 5.74) is 0. The Morgan fingerprint density at radius 3 is 1.50 bits per heavy atom. The van der Waals surface area contributed by atoms with Crippen molar-refractivity contribution >= 4 is 5.97 Å². The Morgan fingerprint density at radius 2 is 1.23 bits per heavy atom. The molecule has 13 heteroatoms. The van der Waals surface area contributed by atoms with E-state index in [1.54, 1.807) is 0 Å². The lowest BCUT2D eigenvalue weighted by Gasteiger charge is -2.39. The average molecular weight is 356 g/mol. The van der Waals surface area contributed by atoms with Crippen LogP contribution < -0.4 is 0 Å². The second-order valence-corrected chi connectivity index (χ2v) is 4.10. The lowest BCUT2D eigenvalue weighted by molar-refractivity contribution is -0.402. The van der Waals surface area contributed by atoms with Crippen LogP contribution in [0.15, 0.2) is 0 Å². The fourth-order valence-corrected chi connectivity index (χ4v) is 1.19. The van der Waals surface area contributed by atoms with E-state index in [2.05, 4.69) is 0 Å². The van der Waals surface area contributed by atoms with Gasteiger partial charge in [-0.15, -0.1) is 0 Å². The molecular formula is C9H7F11O2. The smallest absolute Gasteiger partial charge is 0.410 e. The standard InChI is InChI=1S/C9H7F11O2/c1-2-3(10)5(11,12)7(15,16)9(19,20)8(17,18)6(13,14)4(21)22/h3H,2H2,1H3,(H,21,22). The maximum Gasteiger partial charge on any atom is 0.410 e. The molecule has 0 saturated carbocycles. The molecule has 132 valence electrons. The summed E-state index contributed by atoms with van der Waals surface area (Å²) in [5, 5.41) is 7.69. The highest BCUT2D eigenvalue weighted by Crippen LogP contribution is 2.58. The van der Waals surface area contributed by atoms with Crippen LogP contribution in [0.5, 0.6) is 0 Å². The Hall–Kier alpha value is -1.30. The van der Waals surface area contributed by atoms with Gasteiger partial charge >= 0.3 is 35.6 Å². The van der Waals surface area contributed by atoms with Gasteiger partial charge in [0.05, 0.1) is 0 Å². The first-order valence-electron chi connectivity index (χ1n) is 5.19. The van der Waals surface area contributed by atoms with Gasteiger partial charge in [0.1, 0.15) is 0 Å².